The van der Waals surface area contributed by atoms with Crippen LogP contribution in [-0.4, -0.2) is 28.3 Å². The van der Waals surface area contributed by atoms with Gasteiger partial charge in [0, 0.05) is 25.4 Å². The molecule has 0 bridgehead atoms. The van der Waals surface area contributed by atoms with Gasteiger partial charge in [-0.15, -0.1) is 0 Å². The first-order chi connectivity index (χ1) is 12.3. The normalized spacial score (nSPS) is 22.2. The maximum Gasteiger partial charge on any atom is 0.223 e. The van der Waals surface area contributed by atoms with E-state index in [4.69, 9.17) is 9.26 Å². The van der Waals surface area contributed by atoms with Crippen molar-refractivity contribution in [3.8, 4) is 0 Å². The van der Waals surface area contributed by atoms with Crippen molar-refractivity contribution >= 4 is 5.91 Å². The van der Waals surface area contributed by atoms with Crippen molar-refractivity contribution in [2.75, 3.05) is 6.61 Å². The van der Waals surface area contributed by atoms with E-state index < -0.39 is 0 Å². The Kier molecular flexibility index (Phi) is 5.14. The van der Waals surface area contributed by atoms with Crippen molar-refractivity contribution in [2.24, 2.45) is 0 Å². The monoisotopic (exact) mass is 357 g/mol. The second kappa shape index (κ2) is 7.19. The number of rotatable bonds is 5. The molecule has 0 unspecified atom stereocenters. The first kappa shape index (κ1) is 18.6. The van der Waals surface area contributed by atoms with Gasteiger partial charge in [0.25, 0.3) is 0 Å². The Hall–Kier alpha value is -2.21. The Balaban J connectivity index is 1.80. The van der Waals surface area contributed by atoms with E-state index in [2.05, 4.69) is 48.4 Å². The molecule has 0 spiro atoms. The van der Waals surface area contributed by atoms with Crippen LogP contribution in [0, 0.1) is 13.8 Å². The largest absolute Gasteiger partial charge is 0.376 e. The zero-order valence-electron chi connectivity index (χ0n) is 16.0. The molecule has 1 aliphatic heterocycles. The van der Waals surface area contributed by atoms with Crippen LogP contribution in [0.15, 0.2) is 28.8 Å². The maximum absolute atomic E-state index is 12.8. The van der Waals surface area contributed by atoms with Crippen molar-refractivity contribution in [1.82, 2.24) is 15.5 Å². The Morgan fingerprint density at radius 1 is 1.27 bits per heavy atom. The molecule has 0 aliphatic carbocycles. The summed E-state index contributed by atoms with van der Waals surface area (Å²) < 4.78 is 10.9. The van der Waals surface area contributed by atoms with E-state index in [-0.39, 0.29) is 23.5 Å². The van der Waals surface area contributed by atoms with Crippen molar-refractivity contribution in [2.45, 2.75) is 64.5 Å². The van der Waals surface area contributed by atoms with Crippen LogP contribution in [0.2, 0.25) is 0 Å². The highest BCUT2D eigenvalue weighted by Gasteiger charge is 2.44. The second-order valence-electron chi connectivity index (χ2n) is 7.81. The molecule has 1 N–H and O–H groups in total. The molecule has 2 aromatic rings. The summed E-state index contributed by atoms with van der Waals surface area (Å²) in [4.78, 5) is 16.9. The Labute approximate surface area is 154 Å². The molecule has 0 saturated carbocycles. The molecule has 1 fully saturated rings. The van der Waals surface area contributed by atoms with E-state index in [9.17, 15) is 4.79 Å². The molecule has 6 nitrogen and oxygen atoms in total. The number of benzene rings is 1. The fraction of sp³-hybridized carbons (Fsp3) is 0.550. The molecular weight excluding hydrogens is 330 g/mol. The highest BCUT2D eigenvalue weighted by Crippen LogP contribution is 2.45. The number of amides is 1. The summed E-state index contributed by atoms with van der Waals surface area (Å²) in [7, 11) is 0. The van der Waals surface area contributed by atoms with E-state index in [0.717, 1.165) is 12.8 Å². The Morgan fingerprint density at radius 3 is 2.69 bits per heavy atom. The molecule has 1 aliphatic rings. The summed E-state index contributed by atoms with van der Waals surface area (Å²) in [5, 5.41) is 6.76. The number of carbonyl (C=O) groups excluding carboxylic acids is 1. The van der Waals surface area contributed by atoms with E-state index in [1.54, 1.807) is 6.92 Å². The van der Waals surface area contributed by atoms with Crippen molar-refractivity contribution in [3.63, 3.8) is 0 Å². The third-order valence-electron chi connectivity index (χ3n) is 5.07. The van der Waals surface area contributed by atoms with Crippen LogP contribution in [0.4, 0.5) is 0 Å². The predicted molar refractivity (Wildman–Crippen MR) is 97.6 cm³/mol. The molecule has 0 radical (unpaired) electrons. The lowest BCUT2D eigenvalue weighted by molar-refractivity contribution is -0.126. The Bertz CT molecular complexity index is 784. The van der Waals surface area contributed by atoms with Gasteiger partial charge in [-0.1, -0.05) is 29.4 Å². The van der Waals surface area contributed by atoms with Crippen molar-refractivity contribution in [1.29, 1.82) is 0 Å². The number of aromatic nitrogens is 2. The van der Waals surface area contributed by atoms with E-state index >= 15 is 0 Å². The first-order valence-electron chi connectivity index (χ1n) is 9.06. The lowest BCUT2D eigenvalue weighted by Crippen LogP contribution is -2.46. The SMILES string of the molecule is Cc1nc(CNC(=O)C[C@]2(c3ccccc3C)CCOC(C)(C)C2)no1. The van der Waals surface area contributed by atoms with Gasteiger partial charge >= 0.3 is 0 Å². The van der Waals surface area contributed by atoms with Crippen LogP contribution in [0.1, 0.15) is 56.0 Å². The smallest absolute Gasteiger partial charge is 0.223 e. The number of hydrogen-bond acceptors (Lipinski definition) is 5. The molecule has 1 aromatic heterocycles. The molecule has 1 amide bonds. The second-order valence-corrected chi connectivity index (χ2v) is 7.81. The third kappa shape index (κ3) is 4.12. The summed E-state index contributed by atoms with van der Waals surface area (Å²) in [6.45, 7) is 8.96. The molecule has 1 saturated heterocycles. The van der Waals surface area contributed by atoms with E-state index in [0.29, 0.717) is 24.7 Å². The first-order valence-corrected chi connectivity index (χ1v) is 9.06. The van der Waals surface area contributed by atoms with Crippen LogP contribution >= 0.6 is 0 Å². The number of nitrogens with one attached hydrogen (secondary N) is 1. The van der Waals surface area contributed by atoms with Gasteiger partial charge in [0.2, 0.25) is 11.8 Å². The van der Waals surface area contributed by atoms with Gasteiger partial charge in [0.1, 0.15) is 0 Å². The fourth-order valence-corrected chi connectivity index (χ4v) is 4.08. The number of aryl methyl sites for hydroxylation is 2. The van der Waals surface area contributed by atoms with Crippen LogP contribution in [0.3, 0.4) is 0 Å². The minimum Gasteiger partial charge on any atom is -0.376 e. The highest BCUT2D eigenvalue weighted by molar-refractivity contribution is 5.77. The van der Waals surface area contributed by atoms with Crippen LogP contribution in [0.5, 0.6) is 0 Å². The van der Waals surface area contributed by atoms with Gasteiger partial charge in [0.15, 0.2) is 5.82 Å². The molecule has 140 valence electrons. The van der Waals surface area contributed by atoms with Crippen LogP contribution in [0.25, 0.3) is 0 Å². The minimum atomic E-state index is -0.258. The van der Waals surface area contributed by atoms with Crippen molar-refractivity contribution in [3.05, 3.63) is 47.1 Å². The van der Waals surface area contributed by atoms with Gasteiger partial charge in [0.05, 0.1) is 12.1 Å². The van der Waals surface area contributed by atoms with E-state index in [1.807, 2.05) is 12.1 Å². The summed E-state index contributed by atoms with van der Waals surface area (Å²) in [6.07, 6.45) is 2.05. The van der Waals surface area contributed by atoms with Crippen LogP contribution in [-0.2, 0) is 21.5 Å². The lowest BCUT2D eigenvalue weighted by atomic mass is 9.66. The molecule has 1 atom stereocenters. The zero-order chi connectivity index (χ0) is 18.8. The van der Waals surface area contributed by atoms with Gasteiger partial charge in [-0.2, -0.15) is 4.98 Å². The van der Waals surface area contributed by atoms with Crippen LogP contribution < -0.4 is 5.32 Å². The molecule has 26 heavy (non-hydrogen) atoms. The highest BCUT2D eigenvalue weighted by atomic mass is 16.5. The number of ether oxygens (including phenoxy) is 1. The molecule has 3 rings (SSSR count). The van der Waals surface area contributed by atoms with Gasteiger partial charge < -0.3 is 14.6 Å². The summed E-state index contributed by atoms with van der Waals surface area (Å²) >= 11 is 0. The Morgan fingerprint density at radius 2 is 2.04 bits per heavy atom. The maximum atomic E-state index is 12.8. The third-order valence-corrected chi connectivity index (χ3v) is 5.07. The standard InChI is InChI=1S/C20H27N3O3/c1-14-7-5-6-8-16(14)20(9-10-25-19(3,4)13-20)11-18(24)21-12-17-22-15(2)26-23-17/h5-8H,9-13H2,1-4H3,(H,21,24)/t20-/m1/s1. The molecular formula is C20H27N3O3. The average molecular weight is 357 g/mol. The summed E-state index contributed by atoms with van der Waals surface area (Å²) in [5.74, 6) is 0.985. The number of hydrogen-bond donors (Lipinski definition) is 1. The fourth-order valence-electron chi connectivity index (χ4n) is 4.08. The lowest BCUT2D eigenvalue weighted by Gasteiger charge is -2.45. The van der Waals surface area contributed by atoms with E-state index in [1.165, 1.54) is 11.1 Å². The molecule has 1 aromatic carbocycles. The molecule has 2 heterocycles. The minimum absolute atomic E-state index is 0.00611. The number of carbonyl (C=O) groups is 1. The average Bonchev–Trinajstić information content (AvgIpc) is 2.98. The topological polar surface area (TPSA) is 77.2 Å². The van der Waals surface area contributed by atoms with Gasteiger partial charge in [-0.05, 0) is 44.7 Å². The number of nitrogens with zero attached hydrogens (tertiary/aromatic N) is 2. The van der Waals surface area contributed by atoms with Gasteiger partial charge in [-0.25, -0.2) is 0 Å². The molecule has 6 heteroatoms. The zero-order valence-corrected chi connectivity index (χ0v) is 16.0. The van der Waals surface area contributed by atoms with Gasteiger partial charge in [-0.3, -0.25) is 4.79 Å². The van der Waals surface area contributed by atoms with Crippen molar-refractivity contribution < 1.29 is 14.1 Å². The summed E-state index contributed by atoms with van der Waals surface area (Å²) in [6, 6.07) is 8.34. The summed E-state index contributed by atoms with van der Waals surface area (Å²) in [5.41, 5.74) is 1.96. The quantitative estimate of drug-likeness (QED) is 0.889. The predicted octanol–water partition coefficient (Wildman–Crippen LogP) is 3.22.